The van der Waals surface area contributed by atoms with Gasteiger partial charge in [0.05, 0.1) is 0 Å². The quantitative estimate of drug-likeness (QED) is 0.385. The maximum absolute atomic E-state index is 12.6. The lowest BCUT2D eigenvalue weighted by Crippen LogP contribution is -2.20. The van der Waals surface area contributed by atoms with Gasteiger partial charge in [-0.3, -0.25) is 9.59 Å². The molecule has 0 saturated heterocycles. The van der Waals surface area contributed by atoms with Crippen LogP contribution in [0.2, 0.25) is 0 Å². The first-order valence-electron chi connectivity index (χ1n) is 9.98. The molecule has 0 aliphatic rings. The van der Waals surface area contributed by atoms with Gasteiger partial charge in [-0.15, -0.1) is 0 Å². The predicted octanol–water partition coefficient (Wildman–Crippen LogP) is 4.16. The molecule has 3 rings (SSSR count). The highest BCUT2D eigenvalue weighted by molar-refractivity contribution is 5.99. The molecule has 1 heterocycles. The van der Waals surface area contributed by atoms with Crippen LogP contribution in [0.15, 0.2) is 60.7 Å². The summed E-state index contributed by atoms with van der Waals surface area (Å²) in [5.74, 6) is -0.501. The Kier molecular flexibility index (Phi) is 7.03. The molecule has 2 aromatic carbocycles. The van der Waals surface area contributed by atoms with Gasteiger partial charge in [0.25, 0.3) is 0 Å². The molecule has 0 spiro atoms. The lowest BCUT2D eigenvalue weighted by Gasteiger charge is -2.10. The summed E-state index contributed by atoms with van der Waals surface area (Å²) in [7, 11) is 0. The van der Waals surface area contributed by atoms with E-state index in [1.165, 1.54) is 6.92 Å². The second-order valence-electron chi connectivity index (χ2n) is 7.31. The topological polar surface area (TPSA) is 74.6 Å². The maximum atomic E-state index is 12.6. The van der Waals surface area contributed by atoms with E-state index in [0.29, 0.717) is 23.4 Å². The van der Waals surface area contributed by atoms with E-state index < -0.39 is 5.97 Å². The molecule has 1 aromatic heterocycles. The minimum Gasteiger partial charge on any atom is -0.482 e. The zero-order valence-electron chi connectivity index (χ0n) is 17.9. The Bertz CT molecular complexity index is 1080. The fourth-order valence-corrected chi connectivity index (χ4v) is 3.29. The summed E-state index contributed by atoms with van der Waals surface area (Å²) >= 11 is 0. The average Bonchev–Trinajstić information content (AvgIpc) is 3.05. The van der Waals surface area contributed by atoms with E-state index in [9.17, 15) is 14.4 Å². The summed E-state index contributed by atoms with van der Waals surface area (Å²) in [4.78, 5) is 35.8. The number of nitrogens with zero attached hydrogens (tertiary/aromatic N) is 1. The normalized spacial score (nSPS) is 10.5. The van der Waals surface area contributed by atoms with Crippen LogP contribution in [0.25, 0.3) is 0 Å². The minimum atomic E-state index is -0.637. The molecular weight excluding hydrogens is 394 g/mol. The molecule has 0 N–H and O–H groups in total. The molecule has 0 unspecified atom stereocenters. The molecule has 0 saturated carbocycles. The lowest BCUT2D eigenvalue weighted by molar-refractivity contribution is -0.144. The molecule has 0 radical (unpaired) electrons. The van der Waals surface area contributed by atoms with Crippen molar-refractivity contribution in [3.05, 3.63) is 88.7 Å². The van der Waals surface area contributed by atoms with Crippen molar-refractivity contribution in [1.29, 1.82) is 0 Å². The number of hydrogen-bond acceptors (Lipinski definition) is 5. The van der Waals surface area contributed by atoms with Crippen molar-refractivity contribution in [1.82, 2.24) is 4.57 Å². The molecule has 0 amide bonds. The van der Waals surface area contributed by atoms with E-state index in [-0.39, 0.29) is 24.8 Å². The van der Waals surface area contributed by atoms with Crippen LogP contribution in [-0.2, 0) is 16.1 Å². The third kappa shape index (κ3) is 5.69. The van der Waals surface area contributed by atoms with E-state index in [2.05, 4.69) is 4.57 Å². The van der Waals surface area contributed by atoms with Crippen LogP contribution in [0.4, 0.5) is 0 Å². The molecule has 3 aromatic rings. The number of hydrogen-bond donors (Lipinski definition) is 0. The predicted molar refractivity (Wildman–Crippen MR) is 117 cm³/mol. The van der Waals surface area contributed by atoms with Gasteiger partial charge in [-0.05, 0) is 56.7 Å². The standard InChI is InChI=1S/C25H25NO5/c1-17-13-23(18(2)26(17)14-20-7-5-4-6-8-20)24(28)15-31-25(29)16-30-22-11-9-21(10-12-22)19(3)27/h4-13H,14-16H2,1-3H3. The second-order valence-corrected chi connectivity index (χ2v) is 7.31. The summed E-state index contributed by atoms with van der Waals surface area (Å²) < 4.78 is 12.5. The van der Waals surface area contributed by atoms with Gasteiger partial charge in [-0.2, -0.15) is 0 Å². The van der Waals surface area contributed by atoms with Crippen LogP contribution in [0.3, 0.4) is 0 Å². The first kappa shape index (κ1) is 22.0. The van der Waals surface area contributed by atoms with E-state index in [1.54, 1.807) is 24.3 Å². The highest BCUT2D eigenvalue weighted by Crippen LogP contribution is 2.18. The monoisotopic (exact) mass is 419 g/mol. The van der Waals surface area contributed by atoms with Crippen molar-refractivity contribution < 1.29 is 23.9 Å². The summed E-state index contributed by atoms with van der Waals surface area (Å²) in [6.45, 7) is 5.31. The summed E-state index contributed by atoms with van der Waals surface area (Å²) in [6.07, 6.45) is 0. The van der Waals surface area contributed by atoms with E-state index in [4.69, 9.17) is 9.47 Å². The average molecular weight is 419 g/mol. The third-order valence-corrected chi connectivity index (χ3v) is 5.04. The Balaban J connectivity index is 1.53. The summed E-state index contributed by atoms with van der Waals surface area (Å²) in [5, 5.41) is 0. The van der Waals surface area contributed by atoms with Crippen molar-refractivity contribution in [2.75, 3.05) is 13.2 Å². The SMILES string of the molecule is CC(=O)c1ccc(OCC(=O)OCC(=O)c2cc(C)n(Cc3ccccc3)c2C)cc1. The number of benzene rings is 2. The van der Waals surface area contributed by atoms with Gasteiger partial charge in [-0.1, -0.05) is 30.3 Å². The third-order valence-electron chi connectivity index (χ3n) is 5.04. The van der Waals surface area contributed by atoms with E-state index in [1.807, 2.05) is 50.2 Å². The maximum Gasteiger partial charge on any atom is 0.344 e. The zero-order valence-corrected chi connectivity index (χ0v) is 17.9. The molecule has 6 heteroatoms. The molecule has 0 fully saturated rings. The number of ketones is 2. The Morgan fingerprint density at radius 2 is 1.58 bits per heavy atom. The van der Waals surface area contributed by atoms with Crippen LogP contribution >= 0.6 is 0 Å². The Hall–Kier alpha value is -3.67. The van der Waals surface area contributed by atoms with Gasteiger partial charge in [0, 0.05) is 29.1 Å². The smallest absolute Gasteiger partial charge is 0.344 e. The number of carbonyl (C=O) groups is 3. The molecule has 31 heavy (non-hydrogen) atoms. The molecule has 0 atom stereocenters. The number of rotatable bonds is 9. The van der Waals surface area contributed by atoms with E-state index >= 15 is 0 Å². The summed E-state index contributed by atoms with van der Waals surface area (Å²) in [5.41, 5.74) is 4.05. The van der Waals surface area contributed by atoms with E-state index in [0.717, 1.165) is 17.0 Å². The van der Waals surface area contributed by atoms with Crippen molar-refractivity contribution in [3.8, 4) is 5.75 Å². The van der Waals surface area contributed by atoms with Crippen LogP contribution in [0.5, 0.6) is 5.75 Å². The molecule has 0 bridgehead atoms. The molecular formula is C25H25NO5. The van der Waals surface area contributed by atoms with Crippen molar-refractivity contribution in [2.24, 2.45) is 0 Å². The number of ether oxygens (including phenoxy) is 2. The molecule has 160 valence electrons. The first-order valence-corrected chi connectivity index (χ1v) is 9.98. The fourth-order valence-electron chi connectivity index (χ4n) is 3.29. The Morgan fingerprint density at radius 3 is 2.23 bits per heavy atom. The number of carbonyl (C=O) groups excluding carboxylic acids is 3. The van der Waals surface area contributed by atoms with Crippen LogP contribution in [0.1, 0.15) is 44.6 Å². The van der Waals surface area contributed by atoms with Crippen molar-refractivity contribution in [3.63, 3.8) is 0 Å². The number of esters is 1. The van der Waals surface area contributed by atoms with Crippen LogP contribution < -0.4 is 4.74 Å². The van der Waals surface area contributed by atoms with Gasteiger partial charge in [0.15, 0.2) is 19.0 Å². The van der Waals surface area contributed by atoms with Crippen molar-refractivity contribution >= 4 is 17.5 Å². The van der Waals surface area contributed by atoms with Crippen LogP contribution in [-0.4, -0.2) is 35.3 Å². The van der Waals surface area contributed by atoms with Gasteiger partial charge < -0.3 is 14.0 Å². The summed E-state index contributed by atoms with van der Waals surface area (Å²) in [6, 6.07) is 18.3. The Morgan fingerprint density at radius 1 is 0.903 bits per heavy atom. The van der Waals surface area contributed by atoms with Gasteiger partial charge in [0.1, 0.15) is 5.75 Å². The number of aryl methyl sites for hydroxylation is 1. The van der Waals surface area contributed by atoms with Crippen molar-refractivity contribution in [2.45, 2.75) is 27.3 Å². The largest absolute Gasteiger partial charge is 0.482 e. The van der Waals surface area contributed by atoms with Crippen LogP contribution in [0, 0.1) is 13.8 Å². The minimum absolute atomic E-state index is 0.0485. The second kappa shape index (κ2) is 9.89. The number of aromatic nitrogens is 1. The van der Waals surface area contributed by atoms with Gasteiger partial charge in [-0.25, -0.2) is 4.79 Å². The van der Waals surface area contributed by atoms with Gasteiger partial charge >= 0.3 is 5.97 Å². The Labute approximate surface area is 181 Å². The lowest BCUT2D eigenvalue weighted by atomic mass is 10.1. The highest BCUT2D eigenvalue weighted by atomic mass is 16.6. The number of Topliss-reactive ketones (excluding diaryl/α,β-unsaturated/α-hetero) is 2. The first-order chi connectivity index (χ1) is 14.8. The molecule has 0 aliphatic heterocycles. The van der Waals surface area contributed by atoms with Gasteiger partial charge in [0.2, 0.25) is 5.78 Å². The highest BCUT2D eigenvalue weighted by Gasteiger charge is 2.17. The molecule has 0 aliphatic carbocycles. The zero-order chi connectivity index (χ0) is 22.4. The fraction of sp³-hybridized carbons (Fsp3) is 0.240. The molecule has 6 nitrogen and oxygen atoms in total.